The Kier molecular flexibility index (Phi) is 4.29. The van der Waals surface area contributed by atoms with Crippen LogP contribution in [0.25, 0.3) is 34.2 Å². The number of benzene rings is 2. The van der Waals surface area contributed by atoms with Crippen LogP contribution in [-0.4, -0.2) is 14.4 Å². The van der Waals surface area contributed by atoms with E-state index in [4.69, 9.17) is 10.7 Å². The fourth-order valence-corrected chi connectivity index (χ4v) is 4.43. The van der Waals surface area contributed by atoms with Gasteiger partial charge in [-0.15, -0.1) is 0 Å². The molecule has 6 rings (SSSR count). The van der Waals surface area contributed by atoms with Crippen LogP contribution < -0.4 is 5.73 Å². The van der Waals surface area contributed by atoms with Crippen molar-refractivity contribution in [1.29, 1.82) is 0 Å². The van der Waals surface area contributed by atoms with Crippen molar-refractivity contribution in [3.05, 3.63) is 84.3 Å². The van der Waals surface area contributed by atoms with Gasteiger partial charge in [-0.2, -0.15) is 0 Å². The first-order chi connectivity index (χ1) is 15.2. The zero-order valence-electron chi connectivity index (χ0n) is 17.5. The van der Waals surface area contributed by atoms with Gasteiger partial charge in [-0.25, -0.2) is 9.97 Å². The monoisotopic (exact) mass is 406 g/mol. The van der Waals surface area contributed by atoms with Crippen molar-refractivity contribution in [2.24, 2.45) is 11.7 Å². The SMILES string of the molecule is NC1(c2ccc(-c3nc4ncc(/C=C/C5CC5)n4cc3-c3ccccc3)cc2)CCC1. The normalized spacial score (nSPS) is 17.8. The Morgan fingerprint density at radius 3 is 2.42 bits per heavy atom. The van der Waals surface area contributed by atoms with E-state index in [1.165, 1.54) is 24.8 Å². The summed E-state index contributed by atoms with van der Waals surface area (Å²) in [6.45, 7) is 0. The lowest BCUT2D eigenvalue weighted by Gasteiger charge is -2.38. The number of allylic oxidation sites excluding steroid dienone is 1. The van der Waals surface area contributed by atoms with Crippen LogP contribution in [0.2, 0.25) is 0 Å². The van der Waals surface area contributed by atoms with E-state index in [2.05, 4.69) is 76.3 Å². The van der Waals surface area contributed by atoms with Gasteiger partial charge in [0.1, 0.15) is 0 Å². The number of nitrogens with zero attached hydrogens (tertiary/aromatic N) is 3. The third-order valence-electron chi connectivity index (χ3n) is 6.76. The highest BCUT2D eigenvalue weighted by molar-refractivity contribution is 5.81. The highest BCUT2D eigenvalue weighted by Gasteiger charge is 2.34. The molecule has 0 bridgehead atoms. The fourth-order valence-electron chi connectivity index (χ4n) is 4.43. The smallest absolute Gasteiger partial charge is 0.234 e. The van der Waals surface area contributed by atoms with Gasteiger partial charge in [-0.05, 0) is 55.2 Å². The topological polar surface area (TPSA) is 56.2 Å². The molecule has 0 spiro atoms. The second-order valence-corrected chi connectivity index (χ2v) is 9.01. The lowest BCUT2D eigenvalue weighted by molar-refractivity contribution is 0.253. The fraction of sp³-hybridized carbons (Fsp3) is 0.259. The lowest BCUT2D eigenvalue weighted by atomic mass is 9.72. The van der Waals surface area contributed by atoms with Gasteiger partial charge in [0.25, 0.3) is 0 Å². The number of imidazole rings is 1. The van der Waals surface area contributed by atoms with Crippen molar-refractivity contribution < 1.29 is 0 Å². The molecule has 2 aliphatic carbocycles. The minimum Gasteiger partial charge on any atom is -0.321 e. The van der Waals surface area contributed by atoms with Crippen LogP contribution in [0.4, 0.5) is 0 Å². The molecule has 2 heterocycles. The molecule has 2 saturated carbocycles. The van der Waals surface area contributed by atoms with E-state index in [1.807, 2.05) is 12.3 Å². The number of rotatable bonds is 5. The zero-order chi connectivity index (χ0) is 20.8. The van der Waals surface area contributed by atoms with Gasteiger partial charge in [0, 0.05) is 22.9 Å². The Morgan fingerprint density at radius 1 is 0.968 bits per heavy atom. The third kappa shape index (κ3) is 3.37. The van der Waals surface area contributed by atoms with Crippen LogP contribution in [0, 0.1) is 5.92 Å². The second kappa shape index (κ2) is 7.17. The van der Waals surface area contributed by atoms with Crippen molar-refractivity contribution >= 4 is 11.9 Å². The van der Waals surface area contributed by atoms with E-state index in [0.717, 1.165) is 52.6 Å². The molecular formula is C27H26N4. The zero-order valence-corrected chi connectivity index (χ0v) is 17.5. The standard InChI is InChI=1S/C27H26N4/c28-27(15-4-16-27)22-12-10-21(11-13-22)25-24(20-5-2-1-3-6-20)18-31-23(14-9-19-7-8-19)17-29-26(31)30-25/h1-3,5-6,9-14,17-19H,4,7-8,15-16,28H2/b14-9+. The van der Waals surface area contributed by atoms with E-state index >= 15 is 0 Å². The van der Waals surface area contributed by atoms with Gasteiger partial charge < -0.3 is 5.73 Å². The highest BCUT2D eigenvalue weighted by atomic mass is 15.1. The maximum atomic E-state index is 6.53. The van der Waals surface area contributed by atoms with Crippen LogP contribution >= 0.6 is 0 Å². The molecule has 2 N–H and O–H groups in total. The molecular weight excluding hydrogens is 380 g/mol. The van der Waals surface area contributed by atoms with E-state index in [1.54, 1.807) is 0 Å². The molecule has 4 heteroatoms. The summed E-state index contributed by atoms with van der Waals surface area (Å²) in [5.74, 6) is 1.45. The second-order valence-electron chi connectivity index (χ2n) is 9.01. The molecule has 2 aromatic heterocycles. The Labute approximate surface area is 182 Å². The summed E-state index contributed by atoms with van der Waals surface area (Å²) in [7, 11) is 0. The molecule has 4 aromatic rings. The number of fused-ring (bicyclic) bond motifs is 1. The first-order valence-electron chi connectivity index (χ1n) is 11.2. The van der Waals surface area contributed by atoms with Crippen LogP contribution in [-0.2, 0) is 5.54 Å². The average molecular weight is 407 g/mol. The molecule has 0 atom stereocenters. The van der Waals surface area contributed by atoms with Crippen LogP contribution in [0.5, 0.6) is 0 Å². The van der Waals surface area contributed by atoms with Crippen LogP contribution in [0.3, 0.4) is 0 Å². The van der Waals surface area contributed by atoms with Crippen molar-refractivity contribution in [2.75, 3.05) is 0 Å². The van der Waals surface area contributed by atoms with Gasteiger partial charge in [0.2, 0.25) is 5.78 Å². The Hall–Kier alpha value is -3.24. The van der Waals surface area contributed by atoms with Crippen molar-refractivity contribution in [3.8, 4) is 22.4 Å². The van der Waals surface area contributed by atoms with Crippen molar-refractivity contribution in [2.45, 2.75) is 37.6 Å². The van der Waals surface area contributed by atoms with Gasteiger partial charge in [0.05, 0.1) is 17.6 Å². The molecule has 0 radical (unpaired) electrons. The lowest BCUT2D eigenvalue weighted by Crippen LogP contribution is -2.43. The maximum Gasteiger partial charge on any atom is 0.234 e. The third-order valence-corrected chi connectivity index (χ3v) is 6.76. The first kappa shape index (κ1) is 18.5. The van der Waals surface area contributed by atoms with Gasteiger partial charge in [0.15, 0.2) is 0 Å². The quantitative estimate of drug-likeness (QED) is 0.454. The van der Waals surface area contributed by atoms with Crippen molar-refractivity contribution in [1.82, 2.24) is 14.4 Å². The largest absolute Gasteiger partial charge is 0.321 e. The van der Waals surface area contributed by atoms with E-state index < -0.39 is 0 Å². The predicted molar refractivity (Wildman–Crippen MR) is 125 cm³/mol. The highest BCUT2D eigenvalue weighted by Crippen LogP contribution is 2.40. The molecule has 0 aliphatic heterocycles. The molecule has 2 aliphatic rings. The summed E-state index contributed by atoms with van der Waals surface area (Å²) in [6, 6.07) is 19.1. The number of nitrogens with two attached hydrogens (primary N) is 1. The van der Waals surface area contributed by atoms with E-state index in [9.17, 15) is 0 Å². The first-order valence-corrected chi connectivity index (χ1v) is 11.2. The summed E-state index contributed by atoms with van der Waals surface area (Å²) in [5.41, 5.74) is 13.0. The minimum absolute atomic E-state index is 0.149. The number of aromatic nitrogens is 3. The molecule has 0 saturated heterocycles. The maximum absolute atomic E-state index is 6.53. The summed E-state index contributed by atoms with van der Waals surface area (Å²) in [6.07, 6.45) is 14.5. The Morgan fingerprint density at radius 2 is 1.74 bits per heavy atom. The summed E-state index contributed by atoms with van der Waals surface area (Å²) in [4.78, 5) is 9.60. The molecule has 2 fully saturated rings. The van der Waals surface area contributed by atoms with Crippen LogP contribution in [0.1, 0.15) is 43.4 Å². The van der Waals surface area contributed by atoms with Gasteiger partial charge in [-0.3, -0.25) is 4.40 Å². The molecule has 31 heavy (non-hydrogen) atoms. The number of hydrogen-bond acceptors (Lipinski definition) is 3. The number of hydrogen-bond donors (Lipinski definition) is 1. The Balaban J connectivity index is 1.47. The van der Waals surface area contributed by atoms with E-state index in [0.29, 0.717) is 0 Å². The van der Waals surface area contributed by atoms with Gasteiger partial charge >= 0.3 is 0 Å². The molecule has 154 valence electrons. The average Bonchev–Trinajstić information content (AvgIpc) is 3.55. The predicted octanol–water partition coefficient (Wildman–Crippen LogP) is 5.82. The van der Waals surface area contributed by atoms with Crippen molar-refractivity contribution in [3.63, 3.8) is 0 Å². The molecule has 2 aromatic carbocycles. The Bertz CT molecular complexity index is 1260. The summed E-state index contributed by atoms with van der Waals surface area (Å²) >= 11 is 0. The molecule has 0 unspecified atom stereocenters. The molecule has 4 nitrogen and oxygen atoms in total. The minimum atomic E-state index is -0.149. The summed E-state index contributed by atoms with van der Waals surface area (Å²) in [5, 5.41) is 0. The summed E-state index contributed by atoms with van der Waals surface area (Å²) < 4.78 is 2.10. The van der Waals surface area contributed by atoms with Gasteiger partial charge in [-0.1, -0.05) is 60.7 Å². The van der Waals surface area contributed by atoms with Crippen LogP contribution in [0.15, 0.2) is 73.1 Å². The van der Waals surface area contributed by atoms with E-state index in [-0.39, 0.29) is 5.54 Å². The molecule has 0 amide bonds.